The van der Waals surface area contributed by atoms with E-state index in [9.17, 15) is 9.59 Å². The van der Waals surface area contributed by atoms with Crippen molar-refractivity contribution >= 4 is 18.4 Å². The van der Waals surface area contributed by atoms with Gasteiger partial charge in [-0.1, -0.05) is 6.07 Å². The molecule has 0 aliphatic heterocycles. The number of methoxy groups -OCH3 is 2. The van der Waals surface area contributed by atoms with Crippen molar-refractivity contribution in [1.82, 2.24) is 10.3 Å². The summed E-state index contributed by atoms with van der Waals surface area (Å²) in [6.07, 6.45) is 4.72. The van der Waals surface area contributed by atoms with Gasteiger partial charge < -0.3 is 24.5 Å². The van der Waals surface area contributed by atoms with Gasteiger partial charge in [0.25, 0.3) is 0 Å². The summed E-state index contributed by atoms with van der Waals surface area (Å²) >= 11 is 0. The molecule has 0 spiro atoms. The van der Waals surface area contributed by atoms with Crippen LogP contribution < -0.4 is 20.3 Å². The molecule has 2 aromatic rings. The molecule has 2 N–H and O–H groups in total. The highest BCUT2D eigenvalue weighted by Gasteiger charge is 2.20. The van der Waals surface area contributed by atoms with Crippen molar-refractivity contribution in [1.29, 1.82) is 0 Å². The predicted octanol–water partition coefficient (Wildman–Crippen LogP) is 3.42. The molecule has 0 amide bonds. The number of benzene rings is 1. The lowest BCUT2D eigenvalue weighted by Gasteiger charge is -2.26. The summed E-state index contributed by atoms with van der Waals surface area (Å²) in [6.45, 7) is 1.20. The van der Waals surface area contributed by atoms with Crippen LogP contribution in [0.5, 0.6) is 11.5 Å². The zero-order valence-corrected chi connectivity index (χ0v) is 18.2. The molecule has 1 aromatic heterocycles. The molecule has 1 heterocycles. The van der Waals surface area contributed by atoms with E-state index in [0.717, 1.165) is 44.3 Å². The maximum Gasteiger partial charge on any atom is 0.338 e. The van der Waals surface area contributed by atoms with Crippen molar-refractivity contribution in [3.05, 3.63) is 57.5 Å². The van der Waals surface area contributed by atoms with Crippen LogP contribution in [0.3, 0.4) is 0 Å². The molecule has 0 unspecified atom stereocenters. The lowest BCUT2D eigenvalue weighted by Crippen LogP contribution is -2.28. The first kappa shape index (κ1) is 23.8. The van der Waals surface area contributed by atoms with Gasteiger partial charge in [-0.25, -0.2) is 4.79 Å². The number of carbonyl (C=O) groups is 1. The topological polar surface area (TPSA) is 89.7 Å². The van der Waals surface area contributed by atoms with E-state index in [2.05, 4.69) is 10.3 Å². The molecule has 8 heteroatoms. The number of H-pyrrole nitrogens is 1. The fourth-order valence-corrected chi connectivity index (χ4v) is 3.63. The normalized spacial score (nSPS) is 14.9. The summed E-state index contributed by atoms with van der Waals surface area (Å²) in [7, 11) is 3.08. The predicted molar refractivity (Wildman–Crippen MR) is 117 cm³/mol. The van der Waals surface area contributed by atoms with Crippen molar-refractivity contribution < 1.29 is 19.0 Å². The van der Waals surface area contributed by atoms with Gasteiger partial charge in [-0.3, -0.25) is 4.79 Å². The van der Waals surface area contributed by atoms with Gasteiger partial charge in [0.05, 0.1) is 26.4 Å². The SMILES string of the molecule is COc1ccc(C(=O)OCCCCN[C@H]2CCCc3[nH]c(=O)ccc32)cc1OC.Cl. The molecule has 1 aromatic carbocycles. The van der Waals surface area contributed by atoms with E-state index >= 15 is 0 Å². The number of aromatic nitrogens is 1. The molecular weight excluding hydrogens is 408 g/mol. The van der Waals surface area contributed by atoms with Crippen LogP contribution in [0.2, 0.25) is 0 Å². The number of hydrogen-bond donors (Lipinski definition) is 2. The summed E-state index contributed by atoms with van der Waals surface area (Å²) < 4.78 is 15.7. The largest absolute Gasteiger partial charge is 0.493 e. The Morgan fingerprint density at radius 2 is 1.93 bits per heavy atom. The van der Waals surface area contributed by atoms with E-state index in [4.69, 9.17) is 14.2 Å². The van der Waals surface area contributed by atoms with Crippen LogP contribution in [0, 0.1) is 0 Å². The quantitative estimate of drug-likeness (QED) is 0.462. The number of fused-ring (bicyclic) bond motifs is 1. The maximum absolute atomic E-state index is 12.2. The Balaban J connectivity index is 0.00000320. The minimum absolute atomic E-state index is 0. The second kappa shape index (κ2) is 11.6. The van der Waals surface area contributed by atoms with Crippen molar-refractivity contribution in [2.45, 2.75) is 38.1 Å². The first-order chi connectivity index (χ1) is 14.1. The monoisotopic (exact) mass is 436 g/mol. The van der Waals surface area contributed by atoms with Crippen LogP contribution in [0.15, 0.2) is 35.1 Å². The van der Waals surface area contributed by atoms with Gasteiger partial charge in [-0.05, 0) is 62.4 Å². The molecular formula is C22H29ClN2O5. The average Bonchev–Trinajstić information content (AvgIpc) is 2.75. The minimum atomic E-state index is -0.371. The van der Waals surface area contributed by atoms with E-state index in [1.807, 2.05) is 6.07 Å². The van der Waals surface area contributed by atoms with Gasteiger partial charge >= 0.3 is 5.97 Å². The van der Waals surface area contributed by atoms with E-state index in [-0.39, 0.29) is 30.0 Å². The van der Waals surface area contributed by atoms with E-state index in [0.29, 0.717) is 23.7 Å². The molecule has 1 aliphatic rings. The first-order valence-corrected chi connectivity index (χ1v) is 9.97. The van der Waals surface area contributed by atoms with Crippen LogP contribution in [0.25, 0.3) is 0 Å². The van der Waals surface area contributed by atoms with E-state index in [1.165, 1.54) is 12.7 Å². The third-order valence-electron chi connectivity index (χ3n) is 5.15. The fraction of sp³-hybridized carbons (Fsp3) is 0.455. The Kier molecular flexibility index (Phi) is 9.20. The van der Waals surface area contributed by atoms with Gasteiger partial charge in [0.2, 0.25) is 5.56 Å². The van der Waals surface area contributed by atoms with Crippen LogP contribution in [-0.4, -0.2) is 38.3 Å². The number of unbranched alkanes of at least 4 members (excludes halogenated alkanes) is 1. The summed E-state index contributed by atoms with van der Waals surface area (Å²) in [5.41, 5.74) is 2.63. The second-order valence-electron chi connectivity index (χ2n) is 7.07. The third kappa shape index (κ3) is 6.00. The number of ether oxygens (including phenoxy) is 3. The number of aromatic amines is 1. The van der Waals surface area contributed by atoms with Gasteiger partial charge in [0.1, 0.15) is 0 Å². The maximum atomic E-state index is 12.2. The zero-order valence-electron chi connectivity index (χ0n) is 17.4. The summed E-state index contributed by atoms with van der Waals surface area (Å²) in [4.78, 5) is 26.6. The standard InChI is InChI=1S/C22H28N2O5.ClH/c1-27-19-10-8-15(14-20(19)28-2)22(26)29-13-4-3-12-23-17-6-5-7-18-16(17)9-11-21(25)24-18;/h8-11,14,17,23H,3-7,12-13H2,1-2H3,(H,24,25);1H/t17-;/m0./s1. The highest BCUT2D eigenvalue weighted by molar-refractivity contribution is 5.90. The van der Waals surface area contributed by atoms with E-state index in [1.54, 1.807) is 31.4 Å². The van der Waals surface area contributed by atoms with Crippen LogP contribution in [0.4, 0.5) is 0 Å². The Hall–Kier alpha value is -2.51. The molecule has 3 rings (SSSR count). The second-order valence-corrected chi connectivity index (χ2v) is 7.07. The molecule has 1 atom stereocenters. The third-order valence-corrected chi connectivity index (χ3v) is 5.15. The minimum Gasteiger partial charge on any atom is -0.493 e. The number of nitrogens with one attached hydrogen (secondary N) is 2. The van der Waals surface area contributed by atoms with E-state index < -0.39 is 0 Å². The van der Waals surface area contributed by atoms with Crippen LogP contribution >= 0.6 is 12.4 Å². The summed E-state index contributed by atoms with van der Waals surface area (Å²) in [5.74, 6) is 0.702. The number of halogens is 1. The molecule has 0 saturated carbocycles. The average molecular weight is 437 g/mol. The molecule has 7 nitrogen and oxygen atoms in total. The molecule has 1 aliphatic carbocycles. The number of esters is 1. The molecule has 164 valence electrons. The van der Waals surface area contributed by atoms with Gasteiger partial charge in [0, 0.05) is 17.8 Å². The highest BCUT2D eigenvalue weighted by atomic mass is 35.5. The number of hydrogen-bond acceptors (Lipinski definition) is 6. The molecule has 0 radical (unpaired) electrons. The summed E-state index contributed by atoms with van der Waals surface area (Å²) in [5, 5.41) is 3.55. The van der Waals surface area contributed by atoms with Crippen molar-refractivity contribution in [3.63, 3.8) is 0 Å². The van der Waals surface area contributed by atoms with Crippen LogP contribution in [-0.2, 0) is 11.2 Å². The smallest absolute Gasteiger partial charge is 0.338 e. The van der Waals surface area contributed by atoms with Crippen molar-refractivity contribution in [2.24, 2.45) is 0 Å². The van der Waals surface area contributed by atoms with Crippen LogP contribution in [0.1, 0.15) is 53.3 Å². The summed E-state index contributed by atoms with van der Waals surface area (Å²) in [6, 6.07) is 8.76. The lowest BCUT2D eigenvalue weighted by atomic mass is 9.91. The Morgan fingerprint density at radius 1 is 1.13 bits per heavy atom. The molecule has 0 bridgehead atoms. The fourth-order valence-electron chi connectivity index (χ4n) is 3.63. The molecule has 0 saturated heterocycles. The number of aryl methyl sites for hydroxylation is 1. The van der Waals surface area contributed by atoms with Gasteiger partial charge in [-0.15, -0.1) is 12.4 Å². The Bertz CT molecular complexity index is 899. The van der Waals surface area contributed by atoms with Gasteiger partial charge in [-0.2, -0.15) is 0 Å². The lowest BCUT2D eigenvalue weighted by molar-refractivity contribution is 0.0497. The number of carbonyl (C=O) groups excluding carboxylic acids is 1. The number of rotatable bonds is 9. The van der Waals surface area contributed by atoms with Crippen molar-refractivity contribution in [2.75, 3.05) is 27.4 Å². The van der Waals surface area contributed by atoms with Crippen molar-refractivity contribution in [3.8, 4) is 11.5 Å². The number of pyridine rings is 1. The zero-order chi connectivity index (χ0) is 20.6. The molecule has 30 heavy (non-hydrogen) atoms. The highest BCUT2D eigenvalue weighted by Crippen LogP contribution is 2.28. The molecule has 0 fully saturated rings. The Labute approximate surface area is 182 Å². The van der Waals surface area contributed by atoms with Gasteiger partial charge in [0.15, 0.2) is 11.5 Å². The first-order valence-electron chi connectivity index (χ1n) is 9.97. The Morgan fingerprint density at radius 3 is 2.70 bits per heavy atom.